The van der Waals surface area contributed by atoms with Gasteiger partial charge < -0.3 is 0 Å². The third-order valence-electron chi connectivity index (χ3n) is 6.12. The molecular weight excluding hydrogens is 589 g/mol. The summed E-state index contributed by atoms with van der Waals surface area (Å²) in [5.41, 5.74) is 3.40. The molecule has 0 aliphatic rings. The number of aromatic nitrogens is 6. The Morgan fingerprint density at radius 1 is 0.921 bits per heavy atom. The first kappa shape index (κ1) is 27.0. The number of H-pyrrole nitrogens is 1. The number of tetrazole rings is 1. The van der Waals surface area contributed by atoms with Crippen LogP contribution < -0.4 is 0 Å². The lowest BCUT2D eigenvalue weighted by Crippen LogP contribution is -2.23. The van der Waals surface area contributed by atoms with Crippen molar-refractivity contribution in [3.63, 3.8) is 0 Å². The average molecular weight is 608 g/mol. The molecular formula is C26H19Cl4FN6S. The van der Waals surface area contributed by atoms with Gasteiger partial charge in [-0.2, -0.15) is 0 Å². The second kappa shape index (κ2) is 10.9. The molecule has 12 heteroatoms. The standard InChI is InChI=1S/C26H19Cl4FN6S/c1-26(2,15-4-10-19(27)21(29)12-15)22-23(30)32-25(37(22)17-7-5-16(31)6-8-17)38-13-14-3-9-18(20(28)11-14)24-33-35-36-34-24/h3-12H,13H2,1-2H3,(H,33,34,35,36). The molecule has 0 amide bonds. The van der Waals surface area contributed by atoms with Crippen LogP contribution in [0.25, 0.3) is 17.1 Å². The van der Waals surface area contributed by atoms with Gasteiger partial charge in [0.2, 0.25) is 0 Å². The molecule has 5 aromatic rings. The zero-order chi connectivity index (χ0) is 27.0. The van der Waals surface area contributed by atoms with E-state index in [-0.39, 0.29) is 5.82 Å². The average Bonchev–Trinajstić information content (AvgIpc) is 3.53. The monoisotopic (exact) mass is 606 g/mol. The lowest BCUT2D eigenvalue weighted by Gasteiger charge is -2.28. The maximum absolute atomic E-state index is 13.8. The van der Waals surface area contributed by atoms with Crippen molar-refractivity contribution in [2.75, 3.05) is 0 Å². The van der Waals surface area contributed by atoms with Gasteiger partial charge in [-0.25, -0.2) is 14.5 Å². The van der Waals surface area contributed by atoms with Crippen LogP contribution in [0.5, 0.6) is 0 Å². The Hall–Kier alpha value is -2.62. The molecule has 0 aliphatic heterocycles. The van der Waals surface area contributed by atoms with Gasteiger partial charge >= 0.3 is 0 Å². The van der Waals surface area contributed by atoms with E-state index in [0.29, 0.717) is 42.5 Å². The lowest BCUT2D eigenvalue weighted by molar-refractivity contribution is 0.592. The van der Waals surface area contributed by atoms with Crippen molar-refractivity contribution in [1.82, 2.24) is 30.2 Å². The van der Waals surface area contributed by atoms with Gasteiger partial charge in [0.15, 0.2) is 16.1 Å². The molecule has 0 saturated carbocycles. The minimum Gasteiger partial charge on any atom is -0.289 e. The molecule has 3 aromatic carbocycles. The van der Waals surface area contributed by atoms with E-state index in [9.17, 15) is 4.39 Å². The largest absolute Gasteiger partial charge is 0.289 e. The van der Waals surface area contributed by atoms with Crippen molar-refractivity contribution in [2.45, 2.75) is 30.2 Å². The smallest absolute Gasteiger partial charge is 0.180 e. The number of thioether (sulfide) groups is 1. The SMILES string of the molecule is CC(C)(c1ccc(Cl)c(Cl)c1)c1c(Cl)nc(SCc2ccc(-c3nnn[nH]3)c(Cl)c2)n1-c1ccc(F)cc1. The number of rotatable bonds is 7. The fraction of sp³-hybridized carbons (Fsp3) is 0.154. The molecule has 194 valence electrons. The molecule has 5 rings (SSSR count). The summed E-state index contributed by atoms with van der Waals surface area (Å²) >= 11 is 27.3. The Morgan fingerprint density at radius 3 is 2.34 bits per heavy atom. The molecule has 38 heavy (non-hydrogen) atoms. The highest BCUT2D eigenvalue weighted by atomic mass is 35.5. The fourth-order valence-corrected chi connectivity index (χ4v) is 6.12. The molecule has 6 nitrogen and oxygen atoms in total. The van der Waals surface area contributed by atoms with Crippen molar-refractivity contribution in [1.29, 1.82) is 0 Å². The van der Waals surface area contributed by atoms with Gasteiger partial charge in [-0.1, -0.05) is 84.1 Å². The van der Waals surface area contributed by atoms with E-state index >= 15 is 0 Å². The summed E-state index contributed by atoms with van der Waals surface area (Å²) in [7, 11) is 0. The van der Waals surface area contributed by atoms with Gasteiger partial charge in [0.25, 0.3) is 0 Å². The van der Waals surface area contributed by atoms with E-state index in [2.05, 4.69) is 20.6 Å². The number of hydrogen-bond donors (Lipinski definition) is 1. The minimum absolute atomic E-state index is 0.332. The molecule has 0 bridgehead atoms. The molecule has 0 saturated heterocycles. The highest BCUT2D eigenvalue weighted by Crippen LogP contribution is 2.42. The molecule has 0 fully saturated rings. The summed E-state index contributed by atoms with van der Waals surface area (Å²) < 4.78 is 15.8. The number of aromatic amines is 1. The summed E-state index contributed by atoms with van der Waals surface area (Å²) in [6, 6.07) is 17.4. The summed E-state index contributed by atoms with van der Waals surface area (Å²) in [5, 5.41) is 16.2. The van der Waals surface area contributed by atoms with Crippen LogP contribution in [-0.4, -0.2) is 30.2 Å². The predicted octanol–water partition coefficient (Wildman–Crippen LogP) is 8.42. The topological polar surface area (TPSA) is 72.3 Å². The van der Waals surface area contributed by atoms with Gasteiger partial charge in [-0.15, -0.1) is 5.10 Å². The molecule has 0 radical (unpaired) electrons. The highest BCUT2D eigenvalue weighted by Gasteiger charge is 2.33. The third kappa shape index (κ3) is 5.28. The van der Waals surface area contributed by atoms with Crippen LogP contribution in [0.15, 0.2) is 65.8 Å². The van der Waals surface area contributed by atoms with E-state index < -0.39 is 5.41 Å². The molecule has 0 unspecified atom stereocenters. The number of benzene rings is 3. The molecule has 0 aliphatic carbocycles. The molecule has 1 N–H and O–H groups in total. The van der Waals surface area contributed by atoms with Crippen molar-refractivity contribution in [3.05, 3.63) is 104 Å². The quantitative estimate of drug-likeness (QED) is 0.188. The zero-order valence-corrected chi connectivity index (χ0v) is 23.9. The summed E-state index contributed by atoms with van der Waals surface area (Å²) in [4.78, 5) is 4.71. The first-order chi connectivity index (χ1) is 18.1. The van der Waals surface area contributed by atoms with Gasteiger partial charge in [0.1, 0.15) is 5.82 Å². The number of imidazole rings is 1. The zero-order valence-electron chi connectivity index (χ0n) is 20.0. The summed E-state index contributed by atoms with van der Waals surface area (Å²) in [5.74, 6) is 0.702. The first-order valence-electron chi connectivity index (χ1n) is 11.3. The minimum atomic E-state index is -0.623. The van der Waals surface area contributed by atoms with Crippen LogP contribution in [0.1, 0.15) is 30.7 Å². The Bertz CT molecular complexity index is 1600. The Kier molecular flexibility index (Phi) is 7.71. The predicted molar refractivity (Wildman–Crippen MR) is 151 cm³/mol. The van der Waals surface area contributed by atoms with Gasteiger partial charge in [-0.05, 0) is 70.1 Å². The van der Waals surface area contributed by atoms with E-state index in [4.69, 9.17) is 51.4 Å². The van der Waals surface area contributed by atoms with Crippen LogP contribution in [0.4, 0.5) is 4.39 Å². The lowest BCUT2D eigenvalue weighted by atomic mass is 9.81. The molecule has 0 spiro atoms. The molecule has 2 aromatic heterocycles. The van der Waals surface area contributed by atoms with Crippen LogP contribution in [0.2, 0.25) is 20.2 Å². The Balaban J connectivity index is 1.54. The summed E-state index contributed by atoms with van der Waals surface area (Å²) in [6.07, 6.45) is 0. The third-order valence-corrected chi connectivity index (χ3v) is 8.45. The fourth-order valence-electron chi connectivity index (χ4n) is 4.12. The second-order valence-electron chi connectivity index (χ2n) is 8.95. The van der Waals surface area contributed by atoms with E-state index in [1.165, 1.54) is 23.9 Å². The van der Waals surface area contributed by atoms with Gasteiger partial charge in [0.05, 0.1) is 20.8 Å². The number of nitrogens with one attached hydrogen (secondary N) is 1. The van der Waals surface area contributed by atoms with Crippen molar-refractivity contribution in [3.8, 4) is 17.1 Å². The van der Waals surface area contributed by atoms with Gasteiger partial charge in [0, 0.05) is 22.4 Å². The van der Waals surface area contributed by atoms with E-state index in [1.807, 2.05) is 48.7 Å². The maximum atomic E-state index is 13.8. The highest BCUT2D eigenvalue weighted by molar-refractivity contribution is 7.98. The number of hydrogen-bond acceptors (Lipinski definition) is 5. The van der Waals surface area contributed by atoms with E-state index in [1.54, 1.807) is 18.2 Å². The number of nitrogens with zero attached hydrogens (tertiary/aromatic N) is 5. The maximum Gasteiger partial charge on any atom is 0.180 e. The van der Waals surface area contributed by atoms with Crippen LogP contribution in [-0.2, 0) is 11.2 Å². The number of halogens is 5. The first-order valence-corrected chi connectivity index (χ1v) is 13.8. The van der Waals surface area contributed by atoms with Crippen LogP contribution in [0, 0.1) is 5.82 Å². The normalized spacial score (nSPS) is 11.8. The van der Waals surface area contributed by atoms with Crippen LogP contribution >= 0.6 is 58.2 Å². The van der Waals surface area contributed by atoms with Crippen LogP contribution in [0.3, 0.4) is 0 Å². The van der Waals surface area contributed by atoms with Crippen molar-refractivity contribution >= 4 is 58.2 Å². The Morgan fingerprint density at radius 2 is 1.68 bits per heavy atom. The van der Waals surface area contributed by atoms with Crippen molar-refractivity contribution < 1.29 is 4.39 Å². The molecule has 2 heterocycles. The Labute approximate surface area is 242 Å². The van der Waals surface area contributed by atoms with E-state index in [0.717, 1.165) is 22.5 Å². The summed E-state index contributed by atoms with van der Waals surface area (Å²) in [6.45, 7) is 4.06. The van der Waals surface area contributed by atoms with Gasteiger partial charge in [-0.3, -0.25) is 4.57 Å². The molecule has 0 atom stereocenters. The van der Waals surface area contributed by atoms with Crippen molar-refractivity contribution in [2.24, 2.45) is 0 Å². The second-order valence-corrected chi connectivity index (χ2v) is 11.5.